The number of benzene rings is 1. The normalized spacial score (nSPS) is 10.4. The molecule has 0 atom stereocenters. The van der Waals surface area contributed by atoms with Crippen LogP contribution >= 0.6 is 0 Å². The molecule has 0 radical (unpaired) electrons. The largest absolute Gasteiger partial charge is 0.475 e. The van der Waals surface area contributed by atoms with Gasteiger partial charge in [0.25, 0.3) is 0 Å². The summed E-state index contributed by atoms with van der Waals surface area (Å²) >= 11 is 0. The van der Waals surface area contributed by atoms with Gasteiger partial charge in [0.1, 0.15) is 11.5 Å². The highest BCUT2D eigenvalue weighted by Crippen LogP contribution is 2.25. The third-order valence-electron chi connectivity index (χ3n) is 2.20. The number of carboxylic acid groups (broad SMARTS) is 1. The SMILES string of the molecule is Cc1cccc(F)c1-c1cc(C(=O)O)on1. The van der Waals surface area contributed by atoms with Crippen molar-refractivity contribution in [2.24, 2.45) is 0 Å². The smallest absolute Gasteiger partial charge is 0.374 e. The Morgan fingerprint density at radius 2 is 2.25 bits per heavy atom. The van der Waals surface area contributed by atoms with E-state index in [1.54, 1.807) is 19.1 Å². The molecule has 1 aromatic heterocycles. The van der Waals surface area contributed by atoms with Gasteiger partial charge in [0.2, 0.25) is 5.76 Å². The summed E-state index contributed by atoms with van der Waals surface area (Å²) in [4.78, 5) is 10.6. The standard InChI is InChI=1S/C11H8FNO3/c1-6-3-2-4-7(12)10(6)8-5-9(11(14)15)16-13-8/h2-5H,1H3,(H,14,15). The average Bonchev–Trinajstić information content (AvgIpc) is 2.66. The first-order valence-corrected chi connectivity index (χ1v) is 4.55. The Hall–Kier alpha value is -2.17. The second-order valence-corrected chi connectivity index (χ2v) is 3.31. The van der Waals surface area contributed by atoms with E-state index in [2.05, 4.69) is 9.68 Å². The van der Waals surface area contributed by atoms with Crippen LogP contribution in [0.4, 0.5) is 4.39 Å². The topological polar surface area (TPSA) is 63.3 Å². The summed E-state index contributed by atoms with van der Waals surface area (Å²) in [6.07, 6.45) is 0. The number of nitrogens with zero attached hydrogens (tertiary/aromatic N) is 1. The van der Waals surface area contributed by atoms with E-state index >= 15 is 0 Å². The third-order valence-corrected chi connectivity index (χ3v) is 2.20. The van der Waals surface area contributed by atoms with Crippen LogP contribution in [0.2, 0.25) is 0 Å². The van der Waals surface area contributed by atoms with Crippen molar-refractivity contribution in [3.05, 3.63) is 41.4 Å². The van der Waals surface area contributed by atoms with Crippen LogP contribution in [-0.2, 0) is 0 Å². The summed E-state index contributed by atoms with van der Waals surface area (Å²) < 4.78 is 18.1. The summed E-state index contributed by atoms with van der Waals surface area (Å²) in [7, 11) is 0. The van der Waals surface area contributed by atoms with Crippen molar-refractivity contribution < 1.29 is 18.8 Å². The van der Waals surface area contributed by atoms with Crippen LogP contribution in [0, 0.1) is 12.7 Å². The van der Waals surface area contributed by atoms with E-state index in [1.807, 2.05) is 0 Å². The number of hydrogen-bond acceptors (Lipinski definition) is 3. The van der Waals surface area contributed by atoms with E-state index in [9.17, 15) is 9.18 Å². The number of aromatic carboxylic acids is 1. The number of aromatic nitrogens is 1. The Balaban J connectivity index is 2.54. The van der Waals surface area contributed by atoms with Crippen molar-refractivity contribution in [2.75, 3.05) is 0 Å². The molecule has 1 heterocycles. The van der Waals surface area contributed by atoms with Gasteiger partial charge in [-0.1, -0.05) is 17.3 Å². The summed E-state index contributed by atoms with van der Waals surface area (Å²) in [5.41, 5.74) is 1.12. The number of carboxylic acids is 1. The van der Waals surface area contributed by atoms with Crippen molar-refractivity contribution in [3.8, 4) is 11.3 Å². The zero-order chi connectivity index (χ0) is 11.7. The summed E-state index contributed by atoms with van der Waals surface area (Å²) in [5, 5.41) is 12.2. The Morgan fingerprint density at radius 3 is 2.81 bits per heavy atom. The molecule has 0 amide bonds. The molecule has 0 saturated heterocycles. The quantitative estimate of drug-likeness (QED) is 0.846. The zero-order valence-electron chi connectivity index (χ0n) is 8.40. The molecule has 0 bridgehead atoms. The van der Waals surface area contributed by atoms with Gasteiger partial charge >= 0.3 is 5.97 Å². The lowest BCUT2D eigenvalue weighted by Crippen LogP contribution is -1.92. The van der Waals surface area contributed by atoms with E-state index in [-0.39, 0.29) is 17.0 Å². The predicted molar refractivity (Wildman–Crippen MR) is 53.6 cm³/mol. The maximum Gasteiger partial charge on any atom is 0.374 e. The molecule has 2 aromatic rings. The van der Waals surface area contributed by atoms with Gasteiger partial charge in [0.15, 0.2) is 0 Å². The van der Waals surface area contributed by atoms with E-state index in [4.69, 9.17) is 5.11 Å². The Labute approximate surface area is 90.3 Å². The fourth-order valence-corrected chi connectivity index (χ4v) is 1.45. The van der Waals surface area contributed by atoms with Gasteiger partial charge in [-0.2, -0.15) is 0 Å². The molecule has 82 valence electrons. The van der Waals surface area contributed by atoms with Crippen molar-refractivity contribution in [2.45, 2.75) is 6.92 Å². The highest BCUT2D eigenvalue weighted by atomic mass is 19.1. The van der Waals surface area contributed by atoms with Crippen LogP contribution < -0.4 is 0 Å². The number of aryl methyl sites for hydroxylation is 1. The molecule has 0 aliphatic carbocycles. The van der Waals surface area contributed by atoms with E-state index in [0.29, 0.717) is 5.56 Å². The van der Waals surface area contributed by atoms with Crippen LogP contribution in [0.1, 0.15) is 16.1 Å². The third kappa shape index (κ3) is 1.67. The first kappa shape index (κ1) is 10.4. The van der Waals surface area contributed by atoms with Gasteiger partial charge in [-0.3, -0.25) is 0 Å². The predicted octanol–water partition coefficient (Wildman–Crippen LogP) is 2.49. The Bertz CT molecular complexity index is 528. The molecule has 0 spiro atoms. The lowest BCUT2D eigenvalue weighted by molar-refractivity contribution is 0.0652. The van der Waals surface area contributed by atoms with E-state index < -0.39 is 11.8 Å². The fourth-order valence-electron chi connectivity index (χ4n) is 1.45. The van der Waals surface area contributed by atoms with Crippen LogP contribution in [0.15, 0.2) is 28.8 Å². The summed E-state index contributed by atoms with van der Waals surface area (Å²) in [6, 6.07) is 5.78. The minimum absolute atomic E-state index is 0.188. The molecule has 0 aliphatic rings. The van der Waals surface area contributed by atoms with Crippen LogP contribution in [0.5, 0.6) is 0 Å². The Kier molecular flexibility index (Phi) is 2.44. The summed E-state index contributed by atoms with van der Waals surface area (Å²) in [5.74, 6) is -1.99. The molecule has 4 nitrogen and oxygen atoms in total. The zero-order valence-corrected chi connectivity index (χ0v) is 8.40. The molecule has 16 heavy (non-hydrogen) atoms. The van der Waals surface area contributed by atoms with Crippen LogP contribution in [0.3, 0.4) is 0 Å². The molecule has 0 aliphatic heterocycles. The molecule has 1 aromatic carbocycles. The monoisotopic (exact) mass is 221 g/mol. The van der Waals surface area contributed by atoms with Gasteiger partial charge in [0.05, 0.1) is 0 Å². The second kappa shape index (κ2) is 3.77. The number of hydrogen-bond donors (Lipinski definition) is 1. The Morgan fingerprint density at radius 1 is 1.50 bits per heavy atom. The first-order chi connectivity index (χ1) is 7.59. The molecule has 2 rings (SSSR count). The van der Waals surface area contributed by atoms with Gasteiger partial charge in [-0.15, -0.1) is 0 Å². The number of halogens is 1. The molecular weight excluding hydrogens is 213 g/mol. The minimum Gasteiger partial charge on any atom is -0.475 e. The maximum absolute atomic E-state index is 13.5. The molecule has 0 unspecified atom stereocenters. The average molecular weight is 221 g/mol. The van der Waals surface area contributed by atoms with Gasteiger partial charge in [-0.25, -0.2) is 9.18 Å². The van der Waals surface area contributed by atoms with Crippen molar-refractivity contribution in [3.63, 3.8) is 0 Å². The minimum atomic E-state index is -1.23. The van der Waals surface area contributed by atoms with Crippen LogP contribution in [0.25, 0.3) is 11.3 Å². The van der Waals surface area contributed by atoms with Crippen molar-refractivity contribution in [1.82, 2.24) is 5.16 Å². The van der Waals surface area contributed by atoms with Crippen LogP contribution in [-0.4, -0.2) is 16.2 Å². The van der Waals surface area contributed by atoms with E-state index in [1.165, 1.54) is 12.1 Å². The lowest BCUT2D eigenvalue weighted by atomic mass is 10.1. The molecule has 0 fully saturated rings. The number of rotatable bonds is 2. The lowest BCUT2D eigenvalue weighted by Gasteiger charge is -2.01. The summed E-state index contributed by atoms with van der Waals surface area (Å²) in [6.45, 7) is 1.72. The van der Waals surface area contributed by atoms with Crippen molar-refractivity contribution >= 4 is 5.97 Å². The second-order valence-electron chi connectivity index (χ2n) is 3.31. The molecule has 1 N–H and O–H groups in total. The van der Waals surface area contributed by atoms with Crippen molar-refractivity contribution in [1.29, 1.82) is 0 Å². The molecular formula is C11H8FNO3. The van der Waals surface area contributed by atoms with E-state index in [0.717, 1.165) is 0 Å². The molecule has 0 saturated carbocycles. The molecule has 5 heteroatoms. The highest BCUT2D eigenvalue weighted by Gasteiger charge is 2.16. The van der Waals surface area contributed by atoms with Gasteiger partial charge < -0.3 is 9.63 Å². The number of carbonyl (C=O) groups is 1. The highest BCUT2D eigenvalue weighted by molar-refractivity contribution is 5.85. The fraction of sp³-hybridized carbons (Fsp3) is 0.0909. The van der Waals surface area contributed by atoms with Gasteiger partial charge in [0, 0.05) is 11.6 Å². The maximum atomic E-state index is 13.5. The first-order valence-electron chi connectivity index (χ1n) is 4.55. The van der Waals surface area contributed by atoms with Gasteiger partial charge in [-0.05, 0) is 18.6 Å².